The number of hydrogen-bond donors (Lipinski definition) is 2. The van der Waals surface area contributed by atoms with Gasteiger partial charge in [0.2, 0.25) is 0 Å². The molecule has 0 amide bonds. The summed E-state index contributed by atoms with van der Waals surface area (Å²) < 4.78 is 0. The molecule has 0 bridgehead atoms. The predicted octanol–water partition coefficient (Wildman–Crippen LogP) is 7.08. The van der Waals surface area contributed by atoms with Gasteiger partial charge in [0.15, 0.2) is 0 Å². The molecule has 0 saturated carbocycles. The zero-order chi connectivity index (χ0) is 20.2. The smallest absolute Gasteiger partial charge is 0.124 e. The number of nitrogens with one attached hydrogen (secondary N) is 1. The topological polar surface area (TPSA) is 32.3 Å². The van der Waals surface area contributed by atoms with E-state index in [0.717, 1.165) is 24.2 Å². The molecule has 2 heteroatoms. The van der Waals surface area contributed by atoms with Gasteiger partial charge in [-0.15, -0.1) is 0 Å². The Morgan fingerprint density at radius 2 is 1.31 bits per heavy atom. The Balaban J connectivity index is 3.80. The van der Waals surface area contributed by atoms with Gasteiger partial charge >= 0.3 is 0 Å². The van der Waals surface area contributed by atoms with Crippen LogP contribution in [0.3, 0.4) is 0 Å². The molecule has 2 N–H and O–H groups in total. The van der Waals surface area contributed by atoms with Crippen LogP contribution in [0.4, 0.5) is 0 Å². The summed E-state index contributed by atoms with van der Waals surface area (Å²) in [5.74, 6) is 2.57. The lowest BCUT2D eigenvalue weighted by Crippen LogP contribution is -2.42. The molecule has 0 saturated heterocycles. The fourth-order valence-electron chi connectivity index (χ4n) is 3.55. The van der Waals surface area contributed by atoms with Crippen LogP contribution in [-0.2, 0) is 0 Å². The molecule has 156 valence electrons. The highest BCUT2D eigenvalue weighted by atomic mass is 16.3. The number of allylic oxidation sites excluding steroid dienone is 1. The van der Waals surface area contributed by atoms with Gasteiger partial charge in [0.05, 0.1) is 0 Å². The molecule has 0 aromatic heterocycles. The van der Waals surface area contributed by atoms with E-state index < -0.39 is 6.23 Å². The number of rotatable bonds is 14. The van der Waals surface area contributed by atoms with Crippen LogP contribution in [0.2, 0.25) is 0 Å². The molecule has 1 unspecified atom stereocenters. The van der Waals surface area contributed by atoms with Crippen LogP contribution in [0, 0.1) is 17.8 Å². The van der Waals surface area contributed by atoms with Crippen LogP contribution in [0.15, 0.2) is 11.6 Å². The van der Waals surface area contributed by atoms with Crippen molar-refractivity contribution in [1.29, 1.82) is 0 Å². The molecule has 3 atom stereocenters. The van der Waals surface area contributed by atoms with E-state index in [1.807, 2.05) is 6.08 Å². The molecule has 0 heterocycles. The van der Waals surface area contributed by atoms with Gasteiger partial charge in [-0.1, -0.05) is 78.2 Å². The summed E-state index contributed by atoms with van der Waals surface area (Å²) in [5.41, 5.74) is 1.23. The maximum Gasteiger partial charge on any atom is 0.124 e. The van der Waals surface area contributed by atoms with Crippen LogP contribution < -0.4 is 5.32 Å². The fraction of sp³-hybridized carbons (Fsp3) is 0.917. The second kappa shape index (κ2) is 13.8. The Hall–Kier alpha value is -0.340. The van der Waals surface area contributed by atoms with Gasteiger partial charge in [-0.05, 0) is 64.4 Å². The molecule has 0 aliphatic rings. The Bertz CT molecular complexity index is 367. The highest BCUT2D eigenvalue weighted by Crippen LogP contribution is 2.22. The molecule has 0 aliphatic carbocycles. The minimum Gasteiger partial charge on any atom is -0.375 e. The first-order valence-electron chi connectivity index (χ1n) is 11.1. The summed E-state index contributed by atoms with van der Waals surface area (Å²) >= 11 is 0. The summed E-state index contributed by atoms with van der Waals surface area (Å²) in [5, 5.41) is 13.2. The summed E-state index contributed by atoms with van der Waals surface area (Å²) in [6.07, 6.45) is 13.4. The summed E-state index contributed by atoms with van der Waals surface area (Å²) in [4.78, 5) is 0. The first-order chi connectivity index (χ1) is 12.0. The molecule has 0 spiro atoms. The third-order valence-electron chi connectivity index (χ3n) is 5.16. The van der Waals surface area contributed by atoms with E-state index in [4.69, 9.17) is 0 Å². The fourth-order valence-corrected chi connectivity index (χ4v) is 3.55. The van der Waals surface area contributed by atoms with Crippen molar-refractivity contribution in [2.45, 2.75) is 125 Å². The standard InChI is InChI=1S/C24H49NO/c1-19(2)12-9-13-20(3)14-10-15-21(4)16-11-17-22(5)18-23(26)25-24(6,7)8/h18-21,23,25-26H,9-17H2,1-8H3/b22-18+/t20-,21-,23?/m1/s1. The zero-order valence-corrected chi connectivity index (χ0v) is 19.2. The molecule has 0 radical (unpaired) electrons. The van der Waals surface area contributed by atoms with Crippen molar-refractivity contribution in [3.63, 3.8) is 0 Å². The van der Waals surface area contributed by atoms with Crippen LogP contribution in [0.5, 0.6) is 0 Å². The molecular weight excluding hydrogens is 318 g/mol. The summed E-state index contributed by atoms with van der Waals surface area (Å²) in [6, 6.07) is 0. The third-order valence-corrected chi connectivity index (χ3v) is 5.16. The number of hydrogen-bond acceptors (Lipinski definition) is 2. The van der Waals surface area contributed by atoms with Gasteiger partial charge in [-0.25, -0.2) is 0 Å². The minimum absolute atomic E-state index is 0.0589. The van der Waals surface area contributed by atoms with E-state index in [1.54, 1.807) is 0 Å². The van der Waals surface area contributed by atoms with Crippen LogP contribution in [-0.4, -0.2) is 16.9 Å². The lowest BCUT2D eigenvalue weighted by atomic mass is 9.91. The Morgan fingerprint density at radius 1 is 0.846 bits per heavy atom. The number of aliphatic hydroxyl groups is 1. The monoisotopic (exact) mass is 367 g/mol. The lowest BCUT2D eigenvalue weighted by Gasteiger charge is -2.23. The predicted molar refractivity (Wildman–Crippen MR) is 117 cm³/mol. The molecular formula is C24H49NO. The Kier molecular flexibility index (Phi) is 13.6. The molecule has 0 aliphatic heterocycles. The molecule has 26 heavy (non-hydrogen) atoms. The second-order valence-electron chi connectivity index (χ2n) is 10.2. The highest BCUT2D eigenvalue weighted by molar-refractivity contribution is 5.02. The van der Waals surface area contributed by atoms with E-state index >= 15 is 0 Å². The van der Waals surface area contributed by atoms with Gasteiger partial charge in [0.1, 0.15) is 6.23 Å². The lowest BCUT2D eigenvalue weighted by molar-refractivity contribution is 0.148. The molecule has 0 fully saturated rings. The van der Waals surface area contributed by atoms with Gasteiger partial charge in [-0.3, -0.25) is 5.32 Å². The second-order valence-corrected chi connectivity index (χ2v) is 10.2. The Morgan fingerprint density at radius 3 is 1.77 bits per heavy atom. The first-order valence-corrected chi connectivity index (χ1v) is 11.1. The SMILES string of the molecule is C/C(=C\C(O)NC(C)(C)C)CCC[C@H](C)CCC[C@H](C)CCCC(C)C. The van der Waals surface area contributed by atoms with Gasteiger partial charge < -0.3 is 5.11 Å². The van der Waals surface area contributed by atoms with E-state index in [-0.39, 0.29) is 5.54 Å². The summed E-state index contributed by atoms with van der Waals surface area (Å²) in [7, 11) is 0. The van der Waals surface area contributed by atoms with E-state index in [9.17, 15) is 5.11 Å². The normalized spacial score (nSPS) is 16.8. The van der Waals surface area contributed by atoms with Crippen LogP contribution in [0.25, 0.3) is 0 Å². The zero-order valence-electron chi connectivity index (χ0n) is 19.2. The largest absolute Gasteiger partial charge is 0.375 e. The average molecular weight is 368 g/mol. The van der Waals surface area contributed by atoms with E-state index in [2.05, 4.69) is 60.7 Å². The Labute approximate surface area is 165 Å². The molecule has 2 nitrogen and oxygen atoms in total. The third kappa shape index (κ3) is 17.1. The maximum absolute atomic E-state index is 10.0. The molecule has 0 aromatic carbocycles. The van der Waals surface area contributed by atoms with Crippen molar-refractivity contribution in [1.82, 2.24) is 5.32 Å². The minimum atomic E-state index is -0.537. The number of aliphatic hydroxyl groups excluding tert-OH is 1. The van der Waals surface area contributed by atoms with Crippen molar-refractivity contribution < 1.29 is 5.11 Å². The van der Waals surface area contributed by atoms with Gasteiger partial charge in [-0.2, -0.15) is 0 Å². The van der Waals surface area contributed by atoms with Crippen molar-refractivity contribution in [2.24, 2.45) is 17.8 Å². The van der Waals surface area contributed by atoms with Gasteiger partial charge in [0.25, 0.3) is 0 Å². The summed E-state index contributed by atoms with van der Waals surface area (Å²) in [6.45, 7) is 17.8. The maximum atomic E-state index is 10.0. The average Bonchev–Trinajstić information content (AvgIpc) is 2.44. The van der Waals surface area contributed by atoms with Crippen molar-refractivity contribution >= 4 is 0 Å². The van der Waals surface area contributed by atoms with Crippen LogP contribution >= 0.6 is 0 Å². The van der Waals surface area contributed by atoms with Crippen molar-refractivity contribution in [3.8, 4) is 0 Å². The first kappa shape index (κ1) is 25.7. The highest BCUT2D eigenvalue weighted by Gasteiger charge is 2.13. The van der Waals surface area contributed by atoms with E-state index in [1.165, 1.54) is 56.9 Å². The van der Waals surface area contributed by atoms with Crippen molar-refractivity contribution in [3.05, 3.63) is 11.6 Å². The van der Waals surface area contributed by atoms with Crippen LogP contribution in [0.1, 0.15) is 113 Å². The molecule has 0 aromatic rings. The van der Waals surface area contributed by atoms with Gasteiger partial charge in [0, 0.05) is 5.54 Å². The quantitative estimate of drug-likeness (QED) is 0.254. The molecule has 0 rings (SSSR count). The van der Waals surface area contributed by atoms with Crippen molar-refractivity contribution in [2.75, 3.05) is 0 Å². The van der Waals surface area contributed by atoms with E-state index in [0.29, 0.717) is 0 Å².